The second kappa shape index (κ2) is 7.23. The number of rotatable bonds is 5. The highest BCUT2D eigenvalue weighted by molar-refractivity contribution is 9.10. The van der Waals surface area contributed by atoms with Crippen LogP contribution in [0.4, 0.5) is 0 Å². The summed E-state index contributed by atoms with van der Waals surface area (Å²) in [7, 11) is 0. The Morgan fingerprint density at radius 3 is 2.45 bits per heavy atom. The number of aliphatic hydroxyl groups is 1. The van der Waals surface area contributed by atoms with E-state index in [0.29, 0.717) is 13.0 Å². The van der Waals surface area contributed by atoms with Gasteiger partial charge in [-0.05, 0) is 30.5 Å². The Labute approximate surface area is 128 Å². The lowest BCUT2D eigenvalue weighted by Crippen LogP contribution is -2.41. The third-order valence-corrected chi connectivity index (χ3v) is 4.72. The molecule has 1 aliphatic carbocycles. The van der Waals surface area contributed by atoms with Crippen LogP contribution in [0, 0.1) is 5.41 Å². The molecule has 1 aromatic rings. The lowest BCUT2D eigenvalue weighted by Gasteiger charge is -2.35. The van der Waals surface area contributed by atoms with Gasteiger partial charge in [-0.15, -0.1) is 0 Å². The molecule has 0 bridgehead atoms. The third-order valence-electron chi connectivity index (χ3n) is 4.19. The van der Waals surface area contributed by atoms with Crippen LogP contribution < -0.4 is 5.32 Å². The second-order valence-electron chi connectivity index (χ2n) is 5.80. The predicted molar refractivity (Wildman–Crippen MR) is 83.5 cm³/mol. The van der Waals surface area contributed by atoms with Crippen molar-refractivity contribution in [2.75, 3.05) is 13.2 Å². The largest absolute Gasteiger partial charge is 0.396 e. The van der Waals surface area contributed by atoms with E-state index in [9.17, 15) is 9.90 Å². The highest BCUT2D eigenvalue weighted by atomic mass is 79.9. The summed E-state index contributed by atoms with van der Waals surface area (Å²) < 4.78 is 1.02. The number of hydrogen-bond acceptors (Lipinski definition) is 2. The average molecular weight is 340 g/mol. The molecule has 0 saturated heterocycles. The fourth-order valence-electron chi connectivity index (χ4n) is 2.83. The highest BCUT2D eigenvalue weighted by Gasteiger charge is 2.31. The number of halogens is 1. The molecule has 3 nitrogen and oxygen atoms in total. The molecule has 0 heterocycles. The van der Waals surface area contributed by atoms with Crippen LogP contribution in [0.3, 0.4) is 0 Å². The topological polar surface area (TPSA) is 49.3 Å². The van der Waals surface area contributed by atoms with Gasteiger partial charge < -0.3 is 10.4 Å². The summed E-state index contributed by atoms with van der Waals surface area (Å²) in [5.41, 5.74) is 0.917. The molecule has 1 amide bonds. The van der Waals surface area contributed by atoms with Crippen molar-refractivity contribution < 1.29 is 9.90 Å². The van der Waals surface area contributed by atoms with Gasteiger partial charge in [0, 0.05) is 16.4 Å². The highest BCUT2D eigenvalue weighted by Crippen LogP contribution is 2.35. The SMILES string of the molecule is O=C(Cc1ccc(Br)cc1)NCC1(CO)CCCCC1. The summed E-state index contributed by atoms with van der Waals surface area (Å²) >= 11 is 3.38. The van der Waals surface area contributed by atoms with E-state index < -0.39 is 0 Å². The molecule has 0 unspecified atom stereocenters. The Morgan fingerprint density at radius 1 is 1.20 bits per heavy atom. The van der Waals surface area contributed by atoms with Crippen LogP contribution in [-0.4, -0.2) is 24.2 Å². The molecule has 0 aromatic heterocycles. The molecule has 0 radical (unpaired) electrons. The van der Waals surface area contributed by atoms with E-state index in [0.717, 1.165) is 35.7 Å². The molecule has 1 saturated carbocycles. The first kappa shape index (κ1) is 15.5. The van der Waals surface area contributed by atoms with Crippen molar-refractivity contribution in [1.29, 1.82) is 0 Å². The van der Waals surface area contributed by atoms with Crippen molar-refractivity contribution in [3.63, 3.8) is 0 Å². The minimum Gasteiger partial charge on any atom is -0.396 e. The standard InChI is InChI=1S/C16H22BrNO2/c17-14-6-4-13(5-7-14)10-15(20)18-11-16(12-19)8-2-1-3-9-16/h4-7,19H,1-3,8-12H2,(H,18,20). The number of carbonyl (C=O) groups excluding carboxylic acids is 1. The molecule has 1 aromatic carbocycles. The van der Waals surface area contributed by atoms with E-state index in [1.165, 1.54) is 6.42 Å². The van der Waals surface area contributed by atoms with Gasteiger partial charge in [0.05, 0.1) is 13.0 Å². The van der Waals surface area contributed by atoms with Gasteiger partial charge in [-0.3, -0.25) is 4.79 Å². The molecular formula is C16H22BrNO2. The van der Waals surface area contributed by atoms with Gasteiger partial charge in [-0.1, -0.05) is 47.3 Å². The normalized spacial score (nSPS) is 17.7. The van der Waals surface area contributed by atoms with Crippen LogP contribution in [0.2, 0.25) is 0 Å². The predicted octanol–water partition coefficient (Wildman–Crippen LogP) is 3.05. The van der Waals surface area contributed by atoms with Gasteiger partial charge in [0.15, 0.2) is 0 Å². The van der Waals surface area contributed by atoms with Crippen molar-refractivity contribution in [2.24, 2.45) is 5.41 Å². The van der Waals surface area contributed by atoms with Gasteiger partial charge in [0.25, 0.3) is 0 Å². The molecule has 1 fully saturated rings. The van der Waals surface area contributed by atoms with Crippen molar-refractivity contribution in [2.45, 2.75) is 38.5 Å². The first-order valence-electron chi connectivity index (χ1n) is 7.26. The minimum atomic E-state index is -0.0897. The van der Waals surface area contributed by atoms with Gasteiger partial charge >= 0.3 is 0 Å². The maximum atomic E-state index is 12.0. The third kappa shape index (κ3) is 4.32. The molecule has 4 heteroatoms. The Bertz CT molecular complexity index is 438. The fourth-order valence-corrected chi connectivity index (χ4v) is 3.09. The van der Waals surface area contributed by atoms with Crippen LogP contribution in [0.5, 0.6) is 0 Å². The van der Waals surface area contributed by atoms with E-state index >= 15 is 0 Å². The zero-order valence-corrected chi connectivity index (χ0v) is 13.3. The number of hydrogen-bond donors (Lipinski definition) is 2. The average Bonchev–Trinajstić information content (AvgIpc) is 2.49. The zero-order valence-electron chi connectivity index (χ0n) is 11.7. The molecule has 2 rings (SSSR count). The van der Waals surface area contributed by atoms with E-state index in [-0.39, 0.29) is 17.9 Å². The van der Waals surface area contributed by atoms with Gasteiger partial charge in [0.2, 0.25) is 5.91 Å². The summed E-state index contributed by atoms with van der Waals surface area (Å²) in [5.74, 6) is 0.0331. The Kier molecular flexibility index (Phi) is 5.61. The number of carbonyl (C=O) groups is 1. The summed E-state index contributed by atoms with van der Waals surface area (Å²) in [6.07, 6.45) is 5.99. The van der Waals surface area contributed by atoms with Crippen LogP contribution >= 0.6 is 15.9 Å². The maximum absolute atomic E-state index is 12.0. The lowest BCUT2D eigenvalue weighted by atomic mass is 9.74. The number of amides is 1. The Balaban J connectivity index is 1.83. The number of benzene rings is 1. The lowest BCUT2D eigenvalue weighted by molar-refractivity contribution is -0.121. The molecule has 2 N–H and O–H groups in total. The van der Waals surface area contributed by atoms with Gasteiger partial charge in [-0.2, -0.15) is 0 Å². The molecule has 0 aliphatic heterocycles. The van der Waals surface area contributed by atoms with Crippen LogP contribution in [-0.2, 0) is 11.2 Å². The number of nitrogens with one attached hydrogen (secondary N) is 1. The molecule has 110 valence electrons. The molecule has 20 heavy (non-hydrogen) atoms. The monoisotopic (exact) mass is 339 g/mol. The summed E-state index contributed by atoms with van der Waals surface area (Å²) in [4.78, 5) is 12.0. The van der Waals surface area contributed by atoms with E-state index in [4.69, 9.17) is 0 Å². The van der Waals surface area contributed by atoms with Gasteiger partial charge in [0.1, 0.15) is 0 Å². The summed E-state index contributed by atoms with van der Waals surface area (Å²) in [6.45, 7) is 0.768. The first-order valence-corrected chi connectivity index (χ1v) is 8.05. The van der Waals surface area contributed by atoms with Crippen LogP contribution in [0.15, 0.2) is 28.7 Å². The quantitative estimate of drug-likeness (QED) is 0.866. The molecule has 0 atom stereocenters. The second-order valence-corrected chi connectivity index (χ2v) is 6.71. The maximum Gasteiger partial charge on any atom is 0.224 e. The smallest absolute Gasteiger partial charge is 0.224 e. The van der Waals surface area contributed by atoms with Crippen LogP contribution in [0.25, 0.3) is 0 Å². The molecule has 0 spiro atoms. The van der Waals surface area contributed by atoms with Crippen molar-refractivity contribution in [3.8, 4) is 0 Å². The fraction of sp³-hybridized carbons (Fsp3) is 0.562. The minimum absolute atomic E-state index is 0.0331. The first-order chi connectivity index (χ1) is 9.63. The Hall–Kier alpha value is -0.870. The van der Waals surface area contributed by atoms with Crippen molar-refractivity contribution >= 4 is 21.8 Å². The van der Waals surface area contributed by atoms with Crippen LogP contribution in [0.1, 0.15) is 37.7 Å². The summed E-state index contributed by atoms with van der Waals surface area (Å²) in [5, 5.41) is 12.6. The van der Waals surface area contributed by atoms with E-state index in [2.05, 4.69) is 21.2 Å². The van der Waals surface area contributed by atoms with E-state index in [1.807, 2.05) is 24.3 Å². The molecular weight excluding hydrogens is 318 g/mol. The van der Waals surface area contributed by atoms with E-state index in [1.54, 1.807) is 0 Å². The molecule has 1 aliphatic rings. The van der Waals surface area contributed by atoms with Gasteiger partial charge in [-0.25, -0.2) is 0 Å². The van der Waals surface area contributed by atoms with Crippen molar-refractivity contribution in [1.82, 2.24) is 5.32 Å². The number of aliphatic hydroxyl groups excluding tert-OH is 1. The summed E-state index contributed by atoms with van der Waals surface area (Å²) in [6, 6.07) is 7.79. The van der Waals surface area contributed by atoms with Crippen molar-refractivity contribution in [3.05, 3.63) is 34.3 Å². The Morgan fingerprint density at radius 2 is 1.85 bits per heavy atom. The zero-order chi connectivity index (χ0) is 14.4.